The summed E-state index contributed by atoms with van der Waals surface area (Å²) in [6.07, 6.45) is 0.551. The molecule has 2 heterocycles. The highest BCUT2D eigenvalue weighted by molar-refractivity contribution is 6.30. The topological polar surface area (TPSA) is 64.0 Å². The number of amides is 1. The first-order valence-electron chi connectivity index (χ1n) is 9.16. The molecule has 3 aromatic rings. The lowest BCUT2D eigenvalue weighted by atomic mass is 9.98. The maximum absolute atomic E-state index is 12.3. The van der Waals surface area contributed by atoms with Gasteiger partial charge in [-0.1, -0.05) is 41.9 Å². The van der Waals surface area contributed by atoms with E-state index in [1.54, 1.807) is 26.4 Å². The minimum absolute atomic E-state index is 0.154. The van der Waals surface area contributed by atoms with Crippen molar-refractivity contribution < 1.29 is 14.3 Å². The highest BCUT2D eigenvalue weighted by Crippen LogP contribution is 2.39. The maximum atomic E-state index is 12.3. The zero-order valence-electron chi connectivity index (χ0n) is 16.3. The highest BCUT2D eigenvalue weighted by atomic mass is 35.5. The molecule has 1 amide bonds. The van der Waals surface area contributed by atoms with Crippen LogP contribution in [0.15, 0.2) is 53.6 Å². The van der Waals surface area contributed by atoms with Gasteiger partial charge in [0.25, 0.3) is 0 Å². The van der Waals surface area contributed by atoms with Crippen LogP contribution in [-0.4, -0.2) is 35.8 Å². The Balaban J connectivity index is 1.81. The average molecular weight is 410 g/mol. The van der Waals surface area contributed by atoms with Crippen LogP contribution in [0.5, 0.6) is 11.5 Å². The summed E-state index contributed by atoms with van der Waals surface area (Å²) in [4.78, 5) is 16.8. The molecule has 0 aliphatic carbocycles. The minimum Gasteiger partial charge on any atom is -0.497 e. The van der Waals surface area contributed by atoms with Gasteiger partial charge in [0.15, 0.2) is 0 Å². The molecular formula is C22H20ClN3O3. The summed E-state index contributed by atoms with van der Waals surface area (Å²) in [5.74, 6) is 1.10. The zero-order valence-corrected chi connectivity index (χ0v) is 17.1. The number of methoxy groups -OCH3 is 2. The molecule has 6 nitrogen and oxygen atoms in total. The van der Waals surface area contributed by atoms with Crippen molar-refractivity contribution in [3.05, 3.63) is 64.8 Å². The molecule has 29 heavy (non-hydrogen) atoms. The summed E-state index contributed by atoms with van der Waals surface area (Å²) in [7, 11) is 3.18. The van der Waals surface area contributed by atoms with E-state index in [-0.39, 0.29) is 11.9 Å². The van der Waals surface area contributed by atoms with Crippen LogP contribution < -0.4 is 9.47 Å². The molecule has 0 saturated carbocycles. The van der Waals surface area contributed by atoms with Gasteiger partial charge in [0, 0.05) is 36.4 Å². The summed E-state index contributed by atoms with van der Waals surface area (Å²) in [6.45, 7) is 1.50. The molecule has 0 N–H and O–H groups in total. The van der Waals surface area contributed by atoms with Crippen molar-refractivity contribution in [3.63, 3.8) is 0 Å². The van der Waals surface area contributed by atoms with Crippen LogP contribution in [0.25, 0.3) is 10.9 Å². The normalized spacial score (nSPS) is 16.1. The third kappa shape index (κ3) is 3.51. The molecule has 1 aromatic heterocycles. The number of benzene rings is 2. The van der Waals surface area contributed by atoms with Crippen molar-refractivity contribution in [1.29, 1.82) is 0 Å². The SMILES string of the molecule is COc1cc(OC)c2cc(C3CC(c4ccccc4)=NN3C(C)=O)c(Cl)nc2c1. The Kier molecular flexibility index (Phi) is 5.11. The molecule has 1 aliphatic heterocycles. The van der Waals surface area contributed by atoms with Crippen molar-refractivity contribution >= 4 is 34.1 Å². The first-order chi connectivity index (χ1) is 14.0. The van der Waals surface area contributed by atoms with Crippen LogP contribution in [0, 0.1) is 0 Å². The Morgan fingerprint density at radius 3 is 2.55 bits per heavy atom. The van der Waals surface area contributed by atoms with Gasteiger partial charge in [-0.3, -0.25) is 4.79 Å². The fraction of sp³-hybridized carbons (Fsp3) is 0.227. The predicted molar refractivity (Wildman–Crippen MR) is 113 cm³/mol. The van der Waals surface area contributed by atoms with E-state index in [9.17, 15) is 4.79 Å². The molecule has 1 aliphatic rings. The lowest BCUT2D eigenvalue weighted by Crippen LogP contribution is -2.24. The van der Waals surface area contributed by atoms with Gasteiger partial charge in [0.05, 0.1) is 31.5 Å². The van der Waals surface area contributed by atoms with Gasteiger partial charge in [-0.15, -0.1) is 0 Å². The molecule has 1 unspecified atom stereocenters. The van der Waals surface area contributed by atoms with Gasteiger partial charge in [-0.2, -0.15) is 5.10 Å². The molecule has 0 bridgehead atoms. The number of hydrogen-bond acceptors (Lipinski definition) is 5. The number of halogens is 1. The largest absolute Gasteiger partial charge is 0.497 e. The lowest BCUT2D eigenvalue weighted by molar-refractivity contribution is -0.130. The summed E-state index contributed by atoms with van der Waals surface area (Å²) in [6, 6.07) is 15.0. The van der Waals surface area contributed by atoms with E-state index in [1.165, 1.54) is 11.9 Å². The number of nitrogens with zero attached hydrogens (tertiary/aromatic N) is 3. The van der Waals surface area contributed by atoms with E-state index < -0.39 is 0 Å². The lowest BCUT2D eigenvalue weighted by Gasteiger charge is -2.22. The molecule has 0 radical (unpaired) electrons. The Hall–Kier alpha value is -3.12. The molecule has 0 fully saturated rings. The number of rotatable bonds is 4. The van der Waals surface area contributed by atoms with E-state index >= 15 is 0 Å². The number of carbonyl (C=O) groups excluding carboxylic acids is 1. The first-order valence-corrected chi connectivity index (χ1v) is 9.54. The number of fused-ring (bicyclic) bond motifs is 1. The van der Waals surface area contributed by atoms with E-state index in [4.69, 9.17) is 21.1 Å². The van der Waals surface area contributed by atoms with Crippen LogP contribution in [0.4, 0.5) is 0 Å². The molecule has 0 spiro atoms. The fourth-order valence-electron chi connectivity index (χ4n) is 3.58. The third-order valence-corrected chi connectivity index (χ3v) is 5.31. The van der Waals surface area contributed by atoms with Crippen molar-refractivity contribution in [2.75, 3.05) is 14.2 Å². The van der Waals surface area contributed by atoms with Crippen LogP contribution in [-0.2, 0) is 4.79 Å². The average Bonchev–Trinajstić information content (AvgIpc) is 3.18. The molecule has 2 aromatic carbocycles. The quantitative estimate of drug-likeness (QED) is 0.590. The number of carbonyl (C=O) groups is 1. The summed E-state index contributed by atoms with van der Waals surface area (Å²) < 4.78 is 10.8. The Bertz CT molecular complexity index is 1120. The van der Waals surface area contributed by atoms with Gasteiger partial charge in [-0.25, -0.2) is 9.99 Å². The summed E-state index contributed by atoms with van der Waals surface area (Å²) >= 11 is 6.56. The number of hydrazone groups is 1. The molecule has 1 atom stereocenters. The van der Waals surface area contributed by atoms with Crippen molar-refractivity contribution in [3.8, 4) is 11.5 Å². The van der Waals surface area contributed by atoms with Gasteiger partial charge < -0.3 is 9.47 Å². The molecule has 7 heteroatoms. The molecule has 4 rings (SSSR count). The van der Waals surface area contributed by atoms with Gasteiger partial charge >= 0.3 is 0 Å². The van der Waals surface area contributed by atoms with Gasteiger partial charge in [0.2, 0.25) is 5.91 Å². The second-order valence-electron chi connectivity index (χ2n) is 6.76. The zero-order chi connectivity index (χ0) is 20.5. The number of hydrogen-bond donors (Lipinski definition) is 0. The molecular weight excluding hydrogens is 390 g/mol. The number of ether oxygens (including phenoxy) is 2. The second-order valence-corrected chi connectivity index (χ2v) is 7.12. The molecule has 148 valence electrons. The Morgan fingerprint density at radius 1 is 1.14 bits per heavy atom. The first kappa shape index (κ1) is 19.2. The fourth-order valence-corrected chi connectivity index (χ4v) is 3.85. The second kappa shape index (κ2) is 7.72. The Labute approximate surface area is 173 Å². The highest BCUT2D eigenvalue weighted by Gasteiger charge is 2.33. The van der Waals surface area contributed by atoms with Crippen LogP contribution >= 0.6 is 11.6 Å². The van der Waals surface area contributed by atoms with Crippen molar-refractivity contribution in [2.45, 2.75) is 19.4 Å². The van der Waals surface area contributed by atoms with Crippen LogP contribution in [0.1, 0.15) is 30.5 Å². The standard InChI is InChI=1S/C22H20ClN3O3/c1-13(27)26-20(12-18(25-26)14-7-5-4-6-8-14)17-11-16-19(24-22(17)23)9-15(28-2)10-21(16)29-3/h4-11,20H,12H2,1-3H3. The predicted octanol–water partition coefficient (Wildman–Crippen LogP) is 4.60. The third-order valence-electron chi connectivity index (χ3n) is 5.01. The van der Waals surface area contributed by atoms with Crippen molar-refractivity contribution in [1.82, 2.24) is 9.99 Å². The minimum atomic E-state index is -0.334. The van der Waals surface area contributed by atoms with E-state index in [0.29, 0.717) is 28.6 Å². The maximum Gasteiger partial charge on any atom is 0.240 e. The van der Waals surface area contributed by atoms with E-state index in [0.717, 1.165) is 22.2 Å². The van der Waals surface area contributed by atoms with Gasteiger partial charge in [0.1, 0.15) is 16.7 Å². The van der Waals surface area contributed by atoms with Crippen molar-refractivity contribution in [2.24, 2.45) is 5.10 Å². The van der Waals surface area contributed by atoms with Gasteiger partial charge in [-0.05, 0) is 11.6 Å². The van der Waals surface area contributed by atoms with Crippen LogP contribution in [0.2, 0.25) is 5.15 Å². The summed E-state index contributed by atoms with van der Waals surface area (Å²) in [5.41, 5.74) is 3.20. The molecule has 0 saturated heterocycles. The monoisotopic (exact) mass is 409 g/mol. The van der Waals surface area contributed by atoms with Crippen LogP contribution in [0.3, 0.4) is 0 Å². The Morgan fingerprint density at radius 2 is 1.90 bits per heavy atom. The number of pyridine rings is 1. The van der Waals surface area contributed by atoms with E-state index in [1.807, 2.05) is 36.4 Å². The number of aromatic nitrogens is 1. The van der Waals surface area contributed by atoms with E-state index in [2.05, 4.69) is 10.1 Å². The smallest absolute Gasteiger partial charge is 0.240 e. The summed E-state index contributed by atoms with van der Waals surface area (Å²) in [5, 5.41) is 7.17.